The third kappa shape index (κ3) is 3.64. The number of thiazole rings is 1. The minimum atomic E-state index is -0.805. The number of hydrogen-bond donors (Lipinski definition) is 1. The third-order valence-electron chi connectivity index (χ3n) is 5.09. The molecule has 2 aliphatic rings. The molecular weight excluding hydrogens is 431 g/mol. The SMILES string of the molecule is CCOC(=O)C1=C2C[C@H](C([NH3+])=O)CN2C(c2nccs2)=N[C@H]1c1ccc(F)cc1Cl. The van der Waals surface area contributed by atoms with E-state index in [4.69, 9.17) is 21.3 Å². The van der Waals surface area contributed by atoms with Gasteiger partial charge in [0.05, 0.1) is 18.1 Å². The number of amidine groups is 1. The number of quaternary nitrogens is 1. The molecule has 0 aliphatic carbocycles. The molecule has 1 fully saturated rings. The first-order valence-electron chi connectivity index (χ1n) is 9.36. The van der Waals surface area contributed by atoms with E-state index in [9.17, 15) is 14.0 Å². The fraction of sp³-hybridized carbons (Fsp3) is 0.300. The van der Waals surface area contributed by atoms with Gasteiger partial charge in [-0.3, -0.25) is 10.7 Å². The Balaban J connectivity index is 1.92. The Kier molecular flexibility index (Phi) is 5.68. The van der Waals surface area contributed by atoms with Crippen molar-refractivity contribution in [1.82, 2.24) is 9.88 Å². The number of hydrogen-bond acceptors (Lipinski definition) is 7. The summed E-state index contributed by atoms with van der Waals surface area (Å²) in [5.74, 6) is -1.07. The molecule has 4 rings (SSSR count). The first-order chi connectivity index (χ1) is 14.4. The molecule has 10 heteroatoms. The van der Waals surface area contributed by atoms with E-state index in [1.165, 1.54) is 29.5 Å². The van der Waals surface area contributed by atoms with Gasteiger partial charge in [-0.1, -0.05) is 17.7 Å². The van der Waals surface area contributed by atoms with Gasteiger partial charge in [0.25, 0.3) is 0 Å². The number of halogens is 2. The maximum atomic E-state index is 13.7. The molecule has 2 aliphatic heterocycles. The van der Waals surface area contributed by atoms with E-state index < -0.39 is 17.8 Å². The van der Waals surface area contributed by atoms with E-state index in [1.54, 1.807) is 13.1 Å². The molecule has 3 N–H and O–H groups in total. The third-order valence-corrected chi connectivity index (χ3v) is 6.19. The molecule has 3 heterocycles. The highest BCUT2D eigenvalue weighted by atomic mass is 35.5. The first-order valence-corrected chi connectivity index (χ1v) is 10.6. The summed E-state index contributed by atoms with van der Waals surface area (Å²) < 4.78 is 19.0. The van der Waals surface area contributed by atoms with E-state index in [0.29, 0.717) is 40.6 Å². The smallest absolute Gasteiger partial charge is 0.338 e. The lowest BCUT2D eigenvalue weighted by Gasteiger charge is -2.31. The number of aliphatic imine (C=N–C) groups is 1. The largest absolute Gasteiger partial charge is 0.463 e. The molecule has 2 atom stereocenters. The molecule has 7 nitrogen and oxygen atoms in total. The van der Waals surface area contributed by atoms with Crippen molar-refractivity contribution in [3.63, 3.8) is 0 Å². The zero-order valence-corrected chi connectivity index (χ0v) is 17.7. The second-order valence-corrected chi connectivity index (χ2v) is 8.22. The monoisotopic (exact) mass is 449 g/mol. The van der Waals surface area contributed by atoms with Crippen LogP contribution in [0.2, 0.25) is 5.02 Å². The minimum Gasteiger partial charge on any atom is -0.463 e. The van der Waals surface area contributed by atoms with E-state index in [-0.39, 0.29) is 23.5 Å². The molecule has 2 aromatic rings. The zero-order valence-electron chi connectivity index (χ0n) is 16.1. The number of ether oxygens (including phenoxy) is 1. The summed E-state index contributed by atoms with van der Waals surface area (Å²) >= 11 is 7.73. The van der Waals surface area contributed by atoms with Gasteiger partial charge in [0.15, 0.2) is 10.8 Å². The number of carbonyl (C=O) groups is 2. The Morgan fingerprint density at radius 2 is 2.23 bits per heavy atom. The maximum Gasteiger partial charge on any atom is 0.338 e. The van der Waals surface area contributed by atoms with Crippen LogP contribution >= 0.6 is 22.9 Å². The molecule has 0 radical (unpaired) electrons. The van der Waals surface area contributed by atoms with Gasteiger partial charge in [-0.25, -0.2) is 19.0 Å². The Hall–Kier alpha value is -2.62. The highest BCUT2D eigenvalue weighted by Gasteiger charge is 2.44. The zero-order chi connectivity index (χ0) is 21.4. The van der Waals surface area contributed by atoms with Crippen LogP contribution in [0.4, 0.5) is 4.39 Å². The molecule has 1 amide bonds. The molecule has 1 aromatic heterocycles. The molecule has 1 saturated heterocycles. The van der Waals surface area contributed by atoms with Crippen molar-refractivity contribution in [2.24, 2.45) is 10.9 Å². The van der Waals surface area contributed by atoms with Crippen molar-refractivity contribution in [1.29, 1.82) is 0 Å². The Bertz CT molecular complexity index is 1070. The van der Waals surface area contributed by atoms with Gasteiger partial charge in [-0.05, 0) is 19.1 Å². The molecule has 0 saturated carbocycles. The standard InChI is InChI=1S/C20H18ClFN4O3S/c1-2-29-20(28)15-14-7-10(17(23)27)9-26(14)18(19-24-5-6-30-19)25-16(15)12-4-3-11(22)8-13(12)21/h3-6,8,10,16H,2,7,9H2,1H3,(H2,23,27)/p+1/t10-,16-/m0/s1. The van der Waals surface area contributed by atoms with Crippen molar-refractivity contribution in [2.45, 2.75) is 19.4 Å². The summed E-state index contributed by atoms with van der Waals surface area (Å²) in [5, 5.41) is 2.62. The first kappa shape index (κ1) is 20.6. The molecule has 156 valence electrons. The van der Waals surface area contributed by atoms with Gasteiger partial charge in [-0.15, -0.1) is 11.3 Å². The van der Waals surface area contributed by atoms with E-state index in [1.807, 2.05) is 10.3 Å². The quantitative estimate of drug-likeness (QED) is 0.706. The second-order valence-electron chi connectivity index (χ2n) is 6.92. The highest BCUT2D eigenvalue weighted by Crippen LogP contribution is 2.43. The lowest BCUT2D eigenvalue weighted by Crippen LogP contribution is -2.60. The van der Waals surface area contributed by atoms with Crippen molar-refractivity contribution in [3.8, 4) is 0 Å². The highest BCUT2D eigenvalue weighted by molar-refractivity contribution is 7.11. The van der Waals surface area contributed by atoms with Crippen LogP contribution < -0.4 is 5.73 Å². The average molecular weight is 450 g/mol. The van der Waals surface area contributed by atoms with Crippen LogP contribution in [0, 0.1) is 11.7 Å². The number of amides is 1. The van der Waals surface area contributed by atoms with Crippen molar-refractivity contribution in [3.05, 3.63) is 62.5 Å². The number of nitrogens with zero attached hydrogens (tertiary/aromatic N) is 3. The second kappa shape index (κ2) is 8.25. The summed E-state index contributed by atoms with van der Waals surface area (Å²) in [6, 6.07) is 3.17. The minimum absolute atomic E-state index is 0.154. The molecule has 0 bridgehead atoms. The van der Waals surface area contributed by atoms with Gasteiger partial charge >= 0.3 is 11.9 Å². The number of allylic oxidation sites excluding steroid dienone is 1. The van der Waals surface area contributed by atoms with Gasteiger partial charge in [0.1, 0.15) is 11.9 Å². The van der Waals surface area contributed by atoms with E-state index in [0.717, 1.165) is 0 Å². The van der Waals surface area contributed by atoms with E-state index in [2.05, 4.69) is 10.7 Å². The summed E-state index contributed by atoms with van der Waals surface area (Å²) in [4.78, 5) is 36.0. The fourth-order valence-electron chi connectivity index (χ4n) is 3.73. The van der Waals surface area contributed by atoms with Gasteiger partial charge < -0.3 is 9.64 Å². The number of benzene rings is 1. The lowest BCUT2D eigenvalue weighted by molar-refractivity contribution is -0.310. The van der Waals surface area contributed by atoms with Crippen LogP contribution in [0.3, 0.4) is 0 Å². The fourth-order valence-corrected chi connectivity index (χ4v) is 4.64. The van der Waals surface area contributed by atoms with Crippen molar-refractivity contribution >= 4 is 40.6 Å². The Morgan fingerprint density at radius 3 is 2.87 bits per heavy atom. The predicted octanol–water partition coefficient (Wildman–Crippen LogP) is 2.34. The topological polar surface area (TPSA) is 99.5 Å². The lowest BCUT2D eigenvalue weighted by atomic mass is 9.93. The number of esters is 1. The normalized spacial score (nSPS) is 20.8. The number of rotatable bonds is 5. The van der Waals surface area contributed by atoms with Crippen molar-refractivity contribution < 1.29 is 24.5 Å². The Labute approximate surface area is 181 Å². The summed E-state index contributed by atoms with van der Waals surface area (Å²) in [5.41, 5.74) is 4.97. The number of carbonyl (C=O) groups excluding carboxylic acids is 2. The number of aromatic nitrogens is 1. The van der Waals surface area contributed by atoms with E-state index >= 15 is 0 Å². The predicted molar refractivity (Wildman–Crippen MR) is 109 cm³/mol. The van der Waals surface area contributed by atoms with Crippen LogP contribution in [-0.2, 0) is 14.3 Å². The van der Waals surface area contributed by atoms with Gasteiger partial charge in [0.2, 0.25) is 0 Å². The molecule has 1 aromatic carbocycles. The van der Waals surface area contributed by atoms with Crippen LogP contribution in [0.5, 0.6) is 0 Å². The van der Waals surface area contributed by atoms with Crippen LogP contribution in [0.25, 0.3) is 0 Å². The molecule has 0 spiro atoms. The number of fused-ring (bicyclic) bond motifs is 1. The maximum absolute atomic E-state index is 13.7. The average Bonchev–Trinajstić information content (AvgIpc) is 3.37. The van der Waals surface area contributed by atoms with Crippen LogP contribution in [0.1, 0.15) is 30.0 Å². The summed E-state index contributed by atoms with van der Waals surface area (Å²) in [7, 11) is 0. The summed E-state index contributed by atoms with van der Waals surface area (Å²) in [6.45, 7) is 2.24. The van der Waals surface area contributed by atoms with Gasteiger partial charge in [0, 0.05) is 40.8 Å². The van der Waals surface area contributed by atoms with Crippen molar-refractivity contribution in [2.75, 3.05) is 13.2 Å². The van der Waals surface area contributed by atoms with Crippen LogP contribution in [0.15, 0.2) is 46.0 Å². The molecule has 30 heavy (non-hydrogen) atoms. The Morgan fingerprint density at radius 1 is 1.43 bits per heavy atom. The van der Waals surface area contributed by atoms with Crippen LogP contribution in [-0.4, -0.2) is 40.7 Å². The summed E-state index contributed by atoms with van der Waals surface area (Å²) in [6.07, 6.45) is 1.99. The molecule has 0 unspecified atom stereocenters. The molecular formula is C20H19ClFN4O3S+. The van der Waals surface area contributed by atoms with Gasteiger partial charge in [-0.2, -0.15) is 0 Å².